The highest BCUT2D eigenvalue weighted by Crippen LogP contribution is 2.23. The summed E-state index contributed by atoms with van der Waals surface area (Å²) in [4.78, 5) is -2.33. The first kappa shape index (κ1) is 14.5. The van der Waals surface area contributed by atoms with Gasteiger partial charge in [0.1, 0.15) is 24.4 Å². The van der Waals surface area contributed by atoms with E-state index >= 15 is 0 Å². The highest BCUT2D eigenvalue weighted by molar-refractivity contribution is 6.54. The van der Waals surface area contributed by atoms with Gasteiger partial charge in [-0.3, -0.25) is 0 Å². The van der Waals surface area contributed by atoms with Crippen molar-refractivity contribution in [2.75, 3.05) is 6.61 Å². The Labute approximate surface area is 119 Å². The van der Waals surface area contributed by atoms with Gasteiger partial charge >= 0.3 is 0 Å². The molecule has 1 rings (SSSR count). The fraction of sp³-hybridized carbons (Fsp3) is 0.875. The summed E-state index contributed by atoms with van der Waals surface area (Å²) >= 11 is 15.9. The van der Waals surface area contributed by atoms with E-state index in [4.69, 9.17) is 50.9 Å². The Balaban J connectivity index is 2.82. The second kappa shape index (κ2) is 7.06. The molecule has 18 heavy (non-hydrogen) atoms. The van der Waals surface area contributed by atoms with Crippen molar-refractivity contribution in [3.05, 3.63) is 0 Å². The maximum Gasteiger partial charge on any atom is 0.237 e. The van der Waals surface area contributed by atoms with E-state index in [2.05, 4.69) is 4.51 Å². The molecule has 4 N–H and O–H groups in total. The number of alkyl halides is 2. The van der Waals surface area contributed by atoms with Gasteiger partial charge < -0.3 is 29.9 Å². The van der Waals surface area contributed by atoms with Crippen molar-refractivity contribution in [1.29, 1.82) is 0 Å². The average molecular weight is 326 g/mol. The van der Waals surface area contributed by atoms with Gasteiger partial charge in [0.05, 0.1) is 7.98 Å². The Morgan fingerprint density at radius 3 is 2.39 bits per heavy atom. The van der Waals surface area contributed by atoms with Gasteiger partial charge in [0.2, 0.25) is 12.2 Å². The molecule has 0 aliphatic carbocycles. The van der Waals surface area contributed by atoms with Crippen molar-refractivity contribution in [3.63, 3.8) is 0 Å². The Kier molecular flexibility index (Phi) is 5.71. The van der Waals surface area contributed by atoms with Crippen LogP contribution in [0.2, 0.25) is 0 Å². The van der Waals surface area contributed by atoms with Gasteiger partial charge in [-0.15, -0.1) is 4.51 Å². The van der Waals surface area contributed by atoms with Crippen LogP contribution in [0, 0.1) is 0 Å². The molecule has 0 spiro atoms. The van der Waals surface area contributed by atoms with Gasteiger partial charge in [-0.05, 0) is 0 Å². The predicted molar refractivity (Wildman–Crippen MR) is 63.6 cm³/mol. The zero-order chi connectivity index (χ0) is 14.8. The Morgan fingerprint density at radius 1 is 1.33 bits per heavy atom. The first-order valence-electron chi connectivity index (χ1n) is 5.26. The highest BCUT2D eigenvalue weighted by atomic mass is 35.5. The minimum atomic E-state index is -2.33. The third-order valence-corrected chi connectivity index (χ3v) is 2.79. The molecule has 1 heterocycles. The van der Waals surface area contributed by atoms with E-state index < -0.39 is 48.0 Å². The SMILES string of the molecule is [2H]C(Cl)(Cl)C(=NCl)OC1O[C@H](CO)[C@H](O)[C@H](O)[C@H]1O. The molecule has 0 radical (unpaired) electrons. The van der Waals surface area contributed by atoms with Gasteiger partial charge in [0, 0.05) is 11.8 Å². The third kappa shape index (κ3) is 3.58. The lowest BCUT2D eigenvalue weighted by Gasteiger charge is -2.39. The molecule has 0 aromatic heterocycles. The van der Waals surface area contributed by atoms with Crippen LogP contribution in [0.25, 0.3) is 0 Å². The maximum absolute atomic E-state index is 9.64. The molecule has 1 aliphatic heterocycles. The fourth-order valence-corrected chi connectivity index (χ4v) is 1.76. The fourth-order valence-electron chi connectivity index (χ4n) is 1.37. The Bertz CT molecular complexity index is 339. The standard InChI is InChI=1S/C8H12Cl3NO6/c9-6(10)7(12-11)18-8-5(16)4(15)3(14)2(1-13)17-8/h2-6,8,13-16H,1H2/t2-,3+,4+,5-,8?/m1/s1/i6D. The molecule has 5 atom stereocenters. The van der Waals surface area contributed by atoms with Crippen LogP contribution in [0.15, 0.2) is 4.51 Å². The van der Waals surface area contributed by atoms with E-state index in [0.29, 0.717) is 0 Å². The Hall–Kier alpha value is 0.140. The number of nitrogens with zero attached hydrogens (tertiary/aromatic N) is 1. The van der Waals surface area contributed by atoms with Crippen LogP contribution in [0.5, 0.6) is 0 Å². The van der Waals surface area contributed by atoms with Crippen molar-refractivity contribution in [2.24, 2.45) is 4.51 Å². The van der Waals surface area contributed by atoms with Crippen LogP contribution >= 0.6 is 35.0 Å². The number of ether oxygens (including phenoxy) is 2. The lowest BCUT2D eigenvalue weighted by molar-refractivity contribution is -0.281. The summed E-state index contributed by atoms with van der Waals surface area (Å²) < 4.78 is 20.1. The topological polar surface area (TPSA) is 112 Å². The quantitative estimate of drug-likeness (QED) is 0.306. The summed E-state index contributed by atoms with van der Waals surface area (Å²) in [6.45, 7) is -0.633. The maximum atomic E-state index is 9.64. The smallest absolute Gasteiger partial charge is 0.237 e. The van der Waals surface area contributed by atoms with Crippen LogP contribution in [0.1, 0.15) is 1.37 Å². The van der Waals surface area contributed by atoms with Gasteiger partial charge in [0.15, 0.2) is 4.81 Å². The van der Waals surface area contributed by atoms with Crippen LogP contribution in [-0.4, -0.2) is 68.4 Å². The summed E-state index contributed by atoms with van der Waals surface area (Å²) in [5.74, 6) is -0.693. The number of rotatable bonds is 3. The monoisotopic (exact) mass is 324 g/mol. The normalized spacial score (nSPS) is 39.4. The molecule has 0 amide bonds. The van der Waals surface area contributed by atoms with Crippen molar-refractivity contribution in [3.8, 4) is 0 Å². The Morgan fingerprint density at radius 2 is 1.94 bits per heavy atom. The molecule has 0 aromatic rings. The number of hydrogen-bond acceptors (Lipinski definition) is 7. The molecular formula is C8H12Cl3NO6. The second-order valence-corrected chi connectivity index (χ2v) is 4.58. The summed E-state index contributed by atoms with van der Waals surface area (Å²) in [7, 11) is 0. The number of hydrogen-bond donors (Lipinski definition) is 4. The van der Waals surface area contributed by atoms with E-state index in [1.807, 2.05) is 0 Å². The lowest BCUT2D eigenvalue weighted by atomic mass is 9.99. The van der Waals surface area contributed by atoms with Crippen molar-refractivity contribution < 1.29 is 31.3 Å². The van der Waals surface area contributed by atoms with Gasteiger partial charge in [-0.1, -0.05) is 23.2 Å². The zero-order valence-corrected chi connectivity index (χ0v) is 11.0. The zero-order valence-electron chi connectivity index (χ0n) is 9.78. The number of halogens is 3. The molecular weight excluding hydrogens is 312 g/mol. The lowest BCUT2D eigenvalue weighted by Crippen LogP contribution is -2.59. The molecule has 0 saturated carbocycles. The van der Waals surface area contributed by atoms with Crippen LogP contribution in [0.3, 0.4) is 0 Å². The average Bonchev–Trinajstić information content (AvgIpc) is 2.34. The molecule has 1 unspecified atom stereocenters. The largest absolute Gasteiger partial charge is 0.445 e. The summed E-state index contributed by atoms with van der Waals surface area (Å²) in [6.07, 6.45) is -7.59. The van der Waals surface area contributed by atoms with Gasteiger partial charge in [0.25, 0.3) is 0 Å². The number of aliphatic hydroxyl groups excluding tert-OH is 4. The van der Waals surface area contributed by atoms with E-state index in [1.54, 1.807) is 0 Å². The molecule has 0 bridgehead atoms. The molecule has 1 aliphatic rings. The van der Waals surface area contributed by atoms with Crippen molar-refractivity contribution in [2.45, 2.75) is 35.5 Å². The van der Waals surface area contributed by atoms with Crippen molar-refractivity contribution >= 4 is 40.9 Å². The molecule has 10 heteroatoms. The van der Waals surface area contributed by atoms with Gasteiger partial charge in [-0.2, -0.15) is 0 Å². The summed E-state index contributed by atoms with van der Waals surface area (Å²) in [5.41, 5.74) is 0. The third-order valence-electron chi connectivity index (χ3n) is 2.31. The molecule has 7 nitrogen and oxygen atoms in total. The molecule has 1 saturated heterocycles. The predicted octanol–water partition coefficient (Wildman–Crippen LogP) is -0.841. The number of aliphatic hydroxyl groups is 4. The first-order chi connectivity index (χ1) is 8.72. The van der Waals surface area contributed by atoms with Crippen LogP contribution in [-0.2, 0) is 9.47 Å². The second-order valence-electron chi connectivity index (χ2n) is 3.47. The molecule has 0 aromatic carbocycles. The van der Waals surface area contributed by atoms with Crippen LogP contribution in [0.4, 0.5) is 0 Å². The molecule has 106 valence electrons. The minimum Gasteiger partial charge on any atom is -0.445 e. The summed E-state index contributed by atoms with van der Waals surface area (Å²) in [5, 5.41) is 37.6. The van der Waals surface area contributed by atoms with E-state index in [9.17, 15) is 15.3 Å². The van der Waals surface area contributed by atoms with E-state index in [1.165, 1.54) is 0 Å². The molecule has 1 fully saturated rings. The summed E-state index contributed by atoms with van der Waals surface area (Å²) in [6, 6.07) is 0. The highest BCUT2D eigenvalue weighted by Gasteiger charge is 2.45. The van der Waals surface area contributed by atoms with Crippen molar-refractivity contribution in [1.82, 2.24) is 0 Å². The van der Waals surface area contributed by atoms with E-state index in [0.717, 1.165) is 0 Å². The minimum absolute atomic E-state index is 0.633. The van der Waals surface area contributed by atoms with Gasteiger partial charge in [-0.25, -0.2) is 0 Å². The van der Waals surface area contributed by atoms with Crippen LogP contribution < -0.4 is 0 Å². The first-order valence-corrected chi connectivity index (χ1v) is 5.86. The van der Waals surface area contributed by atoms with E-state index in [-0.39, 0.29) is 0 Å².